The highest BCUT2D eigenvalue weighted by molar-refractivity contribution is 5.98. The van der Waals surface area contributed by atoms with E-state index >= 15 is 0 Å². The van der Waals surface area contributed by atoms with Crippen LogP contribution in [0.25, 0.3) is 0 Å². The van der Waals surface area contributed by atoms with Gasteiger partial charge in [-0.05, 0) is 52.4 Å². The van der Waals surface area contributed by atoms with Crippen LogP contribution in [0.15, 0.2) is 25.3 Å². The van der Waals surface area contributed by atoms with Crippen molar-refractivity contribution in [3.05, 3.63) is 25.3 Å². The fourth-order valence-corrected chi connectivity index (χ4v) is 6.70. The number of aliphatic hydroxyl groups excluding tert-OH is 1. The van der Waals surface area contributed by atoms with Crippen molar-refractivity contribution >= 4 is 17.8 Å². The summed E-state index contributed by atoms with van der Waals surface area (Å²) in [6.45, 7) is 15.6. The highest BCUT2D eigenvalue weighted by atomic mass is 16.6. The summed E-state index contributed by atoms with van der Waals surface area (Å²) in [5.41, 5.74) is -1.95. The van der Waals surface area contributed by atoms with Crippen LogP contribution in [0, 0.1) is 11.8 Å². The van der Waals surface area contributed by atoms with E-state index in [1.54, 1.807) is 24.0 Å². The van der Waals surface area contributed by atoms with E-state index in [1.807, 2.05) is 13.8 Å². The second kappa shape index (κ2) is 11.5. The Morgan fingerprint density at radius 2 is 2.00 bits per heavy atom. The van der Waals surface area contributed by atoms with Crippen LogP contribution in [0.1, 0.15) is 72.6 Å². The molecule has 3 fully saturated rings. The lowest BCUT2D eigenvalue weighted by Gasteiger charge is -2.40. The summed E-state index contributed by atoms with van der Waals surface area (Å²) in [6, 6.07) is -1.56. The number of ether oxygens (including phenoxy) is 2. The van der Waals surface area contributed by atoms with E-state index in [0.717, 1.165) is 19.3 Å². The highest BCUT2D eigenvalue weighted by Gasteiger charge is 2.79. The first-order valence-electron chi connectivity index (χ1n) is 13.5. The first-order chi connectivity index (χ1) is 17.2. The first kappa shape index (κ1) is 28.4. The minimum atomic E-state index is -1.12. The maximum Gasteiger partial charge on any atom is 0.312 e. The fourth-order valence-electron chi connectivity index (χ4n) is 6.70. The zero-order valence-corrected chi connectivity index (χ0v) is 22.4. The number of esters is 1. The van der Waals surface area contributed by atoms with Gasteiger partial charge >= 0.3 is 5.97 Å². The van der Waals surface area contributed by atoms with Crippen LogP contribution < -0.4 is 0 Å². The van der Waals surface area contributed by atoms with E-state index in [2.05, 4.69) is 20.1 Å². The lowest BCUT2D eigenvalue weighted by molar-refractivity contribution is -0.163. The van der Waals surface area contributed by atoms with Gasteiger partial charge in [0.2, 0.25) is 11.8 Å². The van der Waals surface area contributed by atoms with Gasteiger partial charge in [0, 0.05) is 12.6 Å². The Bertz CT molecular complexity index is 861. The third-order valence-electron chi connectivity index (χ3n) is 8.49. The largest absolute Gasteiger partial charge is 0.465 e. The molecular formula is C28H44N2O6. The molecular weight excluding hydrogens is 460 g/mol. The number of rotatable bonds is 14. The Labute approximate surface area is 215 Å². The van der Waals surface area contributed by atoms with Crippen LogP contribution >= 0.6 is 0 Å². The molecule has 0 aliphatic carbocycles. The Hall–Kier alpha value is -2.19. The number of carbonyl (C=O) groups is 3. The second-order valence-electron chi connectivity index (χ2n) is 10.6. The summed E-state index contributed by atoms with van der Waals surface area (Å²) in [5.74, 6) is -2.54. The first-order valence-corrected chi connectivity index (χ1v) is 13.5. The number of carbonyl (C=O) groups excluding carboxylic acids is 3. The second-order valence-corrected chi connectivity index (χ2v) is 10.6. The fraction of sp³-hybridized carbons (Fsp3) is 0.750. The molecule has 0 aromatic heterocycles. The summed E-state index contributed by atoms with van der Waals surface area (Å²) < 4.78 is 12.4. The molecule has 3 saturated heterocycles. The average molecular weight is 505 g/mol. The van der Waals surface area contributed by atoms with Crippen molar-refractivity contribution < 1.29 is 29.0 Å². The molecule has 1 spiro atoms. The molecule has 3 unspecified atom stereocenters. The van der Waals surface area contributed by atoms with Gasteiger partial charge in [0.05, 0.1) is 30.8 Å². The van der Waals surface area contributed by atoms with E-state index < -0.39 is 41.1 Å². The summed E-state index contributed by atoms with van der Waals surface area (Å²) >= 11 is 0. The number of aliphatic hydroxyl groups is 1. The van der Waals surface area contributed by atoms with Gasteiger partial charge in [-0.15, -0.1) is 13.2 Å². The van der Waals surface area contributed by atoms with Gasteiger partial charge in [-0.1, -0.05) is 32.4 Å². The van der Waals surface area contributed by atoms with Gasteiger partial charge in [-0.25, -0.2) is 0 Å². The minimum Gasteiger partial charge on any atom is -0.465 e. The van der Waals surface area contributed by atoms with Crippen LogP contribution in [0.5, 0.6) is 0 Å². The zero-order chi connectivity index (χ0) is 26.7. The summed E-state index contributed by atoms with van der Waals surface area (Å²) in [7, 11) is 0. The molecule has 7 atom stereocenters. The molecule has 0 radical (unpaired) electrons. The number of hydrogen-bond donors (Lipinski definition) is 1. The van der Waals surface area contributed by atoms with Crippen molar-refractivity contribution in [2.45, 2.75) is 102 Å². The molecule has 1 N–H and O–H groups in total. The third kappa shape index (κ3) is 4.51. The lowest BCUT2D eigenvalue weighted by Crippen LogP contribution is -2.59. The van der Waals surface area contributed by atoms with Gasteiger partial charge < -0.3 is 24.4 Å². The van der Waals surface area contributed by atoms with Crippen LogP contribution in [0.2, 0.25) is 0 Å². The topological polar surface area (TPSA) is 96.4 Å². The van der Waals surface area contributed by atoms with E-state index in [0.29, 0.717) is 32.2 Å². The van der Waals surface area contributed by atoms with Gasteiger partial charge in [0.15, 0.2) is 0 Å². The zero-order valence-electron chi connectivity index (χ0n) is 22.4. The molecule has 3 rings (SSSR count). The normalized spacial score (nSPS) is 32.2. The van der Waals surface area contributed by atoms with Gasteiger partial charge in [0.25, 0.3) is 0 Å². The predicted octanol–water partition coefficient (Wildman–Crippen LogP) is 3.23. The summed E-state index contributed by atoms with van der Waals surface area (Å²) in [5, 5.41) is 10.0. The Kier molecular flexibility index (Phi) is 9.04. The molecule has 8 nitrogen and oxygen atoms in total. The minimum absolute atomic E-state index is 0.0540. The monoisotopic (exact) mass is 504 g/mol. The molecule has 3 aliphatic rings. The molecule has 8 heteroatoms. The van der Waals surface area contributed by atoms with Crippen molar-refractivity contribution in [2.75, 3.05) is 19.8 Å². The average Bonchev–Trinajstić information content (AvgIpc) is 3.48. The van der Waals surface area contributed by atoms with E-state index in [9.17, 15) is 19.5 Å². The van der Waals surface area contributed by atoms with E-state index in [1.165, 1.54) is 4.90 Å². The molecule has 0 aromatic rings. The molecule has 0 aromatic carbocycles. The molecule has 3 aliphatic heterocycles. The molecule has 2 bridgehead atoms. The number of unbranched alkanes of at least 4 members (excludes halogenated alkanes) is 1. The van der Waals surface area contributed by atoms with Crippen LogP contribution in [-0.2, 0) is 23.9 Å². The van der Waals surface area contributed by atoms with Crippen molar-refractivity contribution in [2.24, 2.45) is 11.8 Å². The SMILES string of the molecule is C=CCCCOC(=O)[C@H]1[C@H]2C(=O)N([C@H](C)CO)C(C(=O)N(CC=C)C(C)CCC)C23CC[C@]1(CC)O3. The number of hydrogen-bond acceptors (Lipinski definition) is 6. The van der Waals surface area contributed by atoms with Gasteiger partial charge in [-0.2, -0.15) is 0 Å². The van der Waals surface area contributed by atoms with E-state index in [4.69, 9.17) is 9.47 Å². The Morgan fingerprint density at radius 1 is 1.28 bits per heavy atom. The number of amides is 2. The quantitative estimate of drug-likeness (QED) is 0.222. The predicted molar refractivity (Wildman–Crippen MR) is 137 cm³/mol. The Balaban J connectivity index is 2.05. The number of fused-ring (bicyclic) bond motifs is 1. The molecule has 0 saturated carbocycles. The third-order valence-corrected chi connectivity index (χ3v) is 8.49. The smallest absolute Gasteiger partial charge is 0.312 e. The maximum atomic E-state index is 14.3. The van der Waals surface area contributed by atoms with Crippen molar-refractivity contribution in [1.29, 1.82) is 0 Å². The summed E-state index contributed by atoms with van der Waals surface area (Å²) in [4.78, 5) is 45.0. The molecule has 36 heavy (non-hydrogen) atoms. The molecule has 202 valence electrons. The van der Waals surface area contributed by atoms with Crippen LogP contribution in [-0.4, -0.2) is 81.8 Å². The van der Waals surface area contributed by atoms with Crippen molar-refractivity contribution in [1.82, 2.24) is 9.80 Å². The van der Waals surface area contributed by atoms with Gasteiger partial charge in [-0.3, -0.25) is 14.4 Å². The van der Waals surface area contributed by atoms with Crippen LogP contribution in [0.3, 0.4) is 0 Å². The van der Waals surface area contributed by atoms with Crippen LogP contribution in [0.4, 0.5) is 0 Å². The standard InChI is InChI=1S/C28H44N2O6/c1-7-11-12-17-35-26(34)22-21-24(32)30(20(6)18-31)23(28(21)15-14-27(22,10-4)36-28)25(33)29(16-9-3)19(5)13-8-2/h7,9,19-23,31H,1,3,8,10-18H2,2,4-6H3/t19?,20-,21+,22-,23?,27+,28?/m1/s1. The maximum absolute atomic E-state index is 14.3. The number of allylic oxidation sites excluding steroid dienone is 1. The van der Waals surface area contributed by atoms with Crippen molar-refractivity contribution in [3.63, 3.8) is 0 Å². The van der Waals surface area contributed by atoms with Gasteiger partial charge in [0.1, 0.15) is 17.6 Å². The number of nitrogens with zero attached hydrogens (tertiary/aromatic N) is 2. The molecule has 3 heterocycles. The number of likely N-dealkylation sites (tertiary alicyclic amines) is 1. The Morgan fingerprint density at radius 3 is 2.58 bits per heavy atom. The lowest BCUT2D eigenvalue weighted by atomic mass is 9.65. The van der Waals surface area contributed by atoms with Crippen molar-refractivity contribution in [3.8, 4) is 0 Å². The van der Waals surface area contributed by atoms with E-state index in [-0.39, 0.29) is 31.1 Å². The summed E-state index contributed by atoms with van der Waals surface area (Å²) in [6.07, 6.45) is 8.21. The highest BCUT2D eigenvalue weighted by Crippen LogP contribution is 2.64. The molecule has 2 amide bonds.